The van der Waals surface area contributed by atoms with Gasteiger partial charge in [-0.1, -0.05) is 0 Å². The molecule has 0 radical (unpaired) electrons. The monoisotopic (exact) mass is 167 g/mol. The Morgan fingerprint density at radius 1 is 1.00 bits per heavy atom. The van der Waals surface area contributed by atoms with E-state index in [0.717, 1.165) is 18.4 Å². The Labute approximate surface area is 73.6 Å². The smallest absolute Gasteiger partial charge is 0.0584 e. The van der Waals surface area contributed by atoms with Crippen molar-refractivity contribution in [3.63, 3.8) is 0 Å². The Bertz CT molecular complexity index is 194. The fourth-order valence-electron chi connectivity index (χ4n) is 3.65. The first kappa shape index (κ1) is 7.34. The Balaban J connectivity index is 1.89. The van der Waals surface area contributed by atoms with Gasteiger partial charge in [-0.25, -0.2) is 0 Å². The van der Waals surface area contributed by atoms with E-state index in [1.54, 1.807) is 0 Å². The van der Waals surface area contributed by atoms with E-state index in [0.29, 0.717) is 5.92 Å². The molecule has 3 rings (SSSR count). The van der Waals surface area contributed by atoms with Crippen molar-refractivity contribution in [3.05, 3.63) is 0 Å². The van der Waals surface area contributed by atoms with Crippen molar-refractivity contribution in [2.75, 3.05) is 13.1 Å². The van der Waals surface area contributed by atoms with Crippen LogP contribution in [0.2, 0.25) is 0 Å². The molecule has 0 amide bonds. The van der Waals surface area contributed by atoms with Gasteiger partial charge in [0.1, 0.15) is 0 Å². The summed E-state index contributed by atoms with van der Waals surface area (Å²) in [6.45, 7) is 2.56. The summed E-state index contributed by atoms with van der Waals surface area (Å²) < 4.78 is 0. The maximum Gasteiger partial charge on any atom is 0.0584 e. The van der Waals surface area contributed by atoms with Crippen molar-refractivity contribution in [1.29, 1.82) is 0 Å². The lowest BCUT2D eigenvalue weighted by Crippen LogP contribution is -2.40. The van der Waals surface area contributed by atoms with E-state index >= 15 is 0 Å². The molecule has 0 spiro atoms. The van der Waals surface area contributed by atoms with E-state index in [4.69, 9.17) is 0 Å². The topological polar surface area (TPSA) is 23.5 Å². The summed E-state index contributed by atoms with van der Waals surface area (Å²) in [5.41, 5.74) is 0. The van der Waals surface area contributed by atoms with E-state index in [-0.39, 0.29) is 6.10 Å². The van der Waals surface area contributed by atoms with Gasteiger partial charge in [-0.3, -0.25) is 4.90 Å². The van der Waals surface area contributed by atoms with Crippen molar-refractivity contribution in [1.82, 2.24) is 4.90 Å². The largest absolute Gasteiger partial charge is 0.393 e. The summed E-state index contributed by atoms with van der Waals surface area (Å²) in [5.74, 6) is 1.56. The fourth-order valence-corrected chi connectivity index (χ4v) is 3.65. The van der Waals surface area contributed by atoms with Crippen LogP contribution < -0.4 is 0 Å². The number of nitrogens with zero attached hydrogens (tertiary/aromatic N) is 1. The van der Waals surface area contributed by atoms with Crippen LogP contribution in [0.5, 0.6) is 0 Å². The van der Waals surface area contributed by atoms with Crippen LogP contribution in [0.25, 0.3) is 0 Å². The molecule has 1 N–H and O–H groups in total. The van der Waals surface area contributed by atoms with Crippen LogP contribution in [-0.4, -0.2) is 35.2 Å². The van der Waals surface area contributed by atoms with Gasteiger partial charge in [-0.15, -0.1) is 0 Å². The first-order valence-corrected chi connectivity index (χ1v) is 5.28. The van der Waals surface area contributed by atoms with Gasteiger partial charge in [0.15, 0.2) is 0 Å². The number of aliphatic hydroxyl groups is 1. The summed E-state index contributed by atoms with van der Waals surface area (Å²) in [6.07, 6.45) is 5.02. The molecule has 2 aliphatic heterocycles. The van der Waals surface area contributed by atoms with E-state index in [1.165, 1.54) is 32.4 Å². The Hall–Kier alpha value is -0.0800. The Kier molecular flexibility index (Phi) is 1.50. The third-order valence-electron chi connectivity index (χ3n) is 4.21. The summed E-state index contributed by atoms with van der Waals surface area (Å²) >= 11 is 0. The van der Waals surface area contributed by atoms with Crippen LogP contribution in [0.1, 0.15) is 25.7 Å². The maximum absolute atomic E-state index is 9.82. The Morgan fingerprint density at radius 2 is 1.83 bits per heavy atom. The predicted molar refractivity (Wildman–Crippen MR) is 46.8 cm³/mol. The van der Waals surface area contributed by atoms with Crippen molar-refractivity contribution < 1.29 is 5.11 Å². The van der Waals surface area contributed by atoms with Gasteiger partial charge >= 0.3 is 0 Å². The minimum absolute atomic E-state index is 0.0225. The number of aliphatic hydroxyl groups excluding tert-OH is 1. The minimum atomic E-state index is 0.0225. The average molecular weight is 167 g/mol. The molecule has 0 unspecified atom stereocenters. The van der Waals surface area contributed by atoms with E-state index in [9.17, 15) is 5.11 Å². The van der Waals surface area contributed by atoms with Gasteiger partial charge < -0.3 is 5.11 Å². The van der Waals surface area contributed by atoms with Crippen LogP contribution in [-0.2, 0) is 0 Å². The normalized spacial score (nSPS) is 52.8. The van der Waals surface area contributed by atoms with Crippen molar-refractivity contribution >= 4 is 0 Å². The lowest BCUT2D eigenvalue weighted by Gasteiger charge is -2.35. The fraction of sp³-hybridized carbons (Fsp3) is 1.00. The van der Waals surface area contributed by atoms with E-state index in [1.807, 2.05) is 0 Å². The zero-order chi connectivity index (χ0) is 8.13. The number of rotatable bonds is 0. The molecule has 0 aromatic heterocycles. The third-order valence-corrected chi connectivity index (χ3v) is 4.21. The quantitative estimate of drug-likeness (QED) is 0.578. The van der Waals surface area contributed by atoms with Crippen molar-refractivity contribution in [2.45, 2.75) is 37.8 Å². The molecular formula is C10H17NO. The SMILES string of the molecule is O[C@H]1CC[C@@H]2CCN3CC[C@H]1[C@H]23. The molecule has 2 nitrogen and oxygen atoms in total. The molecule has 0 bridgehead atoms. The second kappa shape index (κ2) is 2.46. The predicted octanol–water partition coefficient (Wildman–Crippen LogP) is 0.851. The second-order valence-electron chi connectivity index (χ2n) is 4.67. The van der Waals surface area contributed by atoms with Crippen molar-refractivity contribution in [3.8, 4) is 0 Å². The van der Waals surface area contributed by atoms with Gasteiger partial charge in [0, 0.05) is 12.0 Å². The molecule has 3 fully saturated rings. The van der Waals surface area contributed by atoms with Gasteiger partial charge in [-0.2, -0.15) is 0 Å². The van der Waals surface area contributed by atoms with Crippen LogP contribution >= 0.6 is 0 Å². The van der Waals surface area contributed by atoms with Gasteiger partial charge in [0.2, 0.25) is 0 Å². The molecule has 12 heavy (non-hydrogen) atoms. The first-order chi connectivity index (χ1) is 5.86. The molecule has 68 valence electrons. The van der Waals surface area contributed by atoms with E-state index in [2.05, 4.69) is 4.90 Å². The lowest BCUT2D eigenvalue weighted by molar-refractivity contribution is 0.0344. The number of hydrogen-bond donors (Lipinski definition) is 1. The van der Waals surface area contributed by atoms with Crippen molar-refractivity contribution in [2.24, 2.45) is 11.8 Å². The van der Waals surface area contributed by atoms with Gasteiger partial charge in [0.25, 0.3) is 0 Å². The third kappa shape index (κ3) is 0.826. The highest BCUT2D eigenvalue weighted by Crippen LogP contribution is 2.45. The average Bonchev–Trinajstić information content (AvgIpc) is 2.61. The molecular weight excluding hydrogens is 150 g/mol. The summed E-state index contributed by atoms with van der Waals surface area (Å²) in [4.78, 5) is 2.61. The van der Waals surface area contributed by atoms with Gasteiger partial charge in [0.05, 0.1) is 6.10 Å². The van der Waals surface area contributed by atoms with E-state index < -0.39 is 0 Å². The molecule has 1 aliphatic carbocycles. The lowest BCUT2D eigenvalue weighted by atomic mass is 9.76. The molecule has 1 saturated carbocycles. The minimum Gasteiger partial charge on any atom is -0.393 e. The summed E-state index contributed by atoms with van der Waals surface area (Å²) in [5, 5.41) is 9.82. The highest BCUT2D eigenvalue weighted by Gasteiger charge is 2.48. The zero-order valence-electron chi connectivity index (χ0n) is 7.45. The number of hydrogen-bond acceptors (Lipinski definition) is 2. The first-order valence-electron chi connectivity index (χ1n) is 5.28. The standard InChI is InChI=1S/C10H17NO/c12-9-2-1-7-3-5-11-6-4-8(9)10(7)11/h7-10,12H,1-6H2/t7-,8-,9+,10+/m1/s1. The van der Waals surface area contributed by atoms with Crippen LogP contribution in [0, 0.1) is 11.8 Å². The summed E-state index contributed by atoms with van der Waals surface area (Å²) in [7, 11) is 0. The van der Waals surface area contributed by atoms with Crippen LogP contribution in [0.15, 0.2) is 0 Å². The molecule has 2 heteroatoms. The highest BCUT2D eigenvalue weighted by atomic mass is 16.3. The Morgan fingerprint density at radius 3 is 2.75 bits per heavy atom. The molecule has 2 heterocycles. The van der Waals surface area contributed by atoms with Crippen LogP contribution in [0.4, 0.5) is 0 Å². The second-order valence-corrected chi connectivity index (χ2v) is 4.67. The molecule has 3 aliphatic rings. The molecule has 2 saturated heterocycles. The molecule has 0 aromatic rings. The molecule has 4 atom stereocenters. The van der Waals surface area contributed by atoms with Crippen LogP contribution in [0.3, 0.4) is 0 Å². The zero-order valence-corrected chi connectivity index (χ0v) is 7.45. The highest BCUT2D eigenvalue weighted by molar-refractivity contribution is 5.02. The maximum atomic E-state index is 9.82. The summed E-state index contributed by atoms with van der Waals surface area (Å²) in [6, 6.07) is 0.772. The van der Waals surface area contributed by atoms with Gasteiger partial charge in [-0.05, 0) is 44.7 Å². The molecule has 0 aromatic carbocycles.